The number of nitrogens with one attached hydrogen (secondary N) is 3. The van der Waals surface area contributed by atoms with Crippen LogP contribution in [0.1, 0.15) is 46.0 Å². The van der Waals surface area contributed by atoms with Gasteiger partial charge in [-0.1, -0.05) is 19.8 Å². The standard InChI is InChI=1S/C13H23N3O4/c1-3-8-14-10(17)9(2)15-12(20)16-13(11(18)19)6-4-5-7-13/h9H,3-8H2,1-2H3,(H,14,17)(H,18,19)(H2,15,16,20). The van der Waals surface area contributed by atoms with Crippen LogP contribution in [0.4, 0.5) is 4.79 Å². The van der Waals surface area contributed by atoms with Gasteiger partial charge < -0.3 is 21.1 Å². The van der Waals surface area contributed by atoms with Crippen molar-refractivity contribution in [3.8, 4) is 0 Å². The number of urea groups is 1. The summed E-state index contributed by atoms with van der Waals surface area (Å²) in [6, 6.07) is -1.32. The summed E-state index contributed by atoms with van der Waals surface area (Å²) in [7, 11) is 0. The van der Waals surface area contributed by atoms with Crippen LogP contribution in [-0.2, 0) is 9.59 Å². The van der Waals surface area contributed by atoms with Gasteiger partial charge in [-0.2, -0.15) is 0 Å². The fourth-order valence-corrected chi connectivity index (χ4v) is 2.29. The molecule has 1 unspecified atom stereocenters. The Hall–Kier alpha value is -1.79. The molecule has 1 atom stereocenters. The average molecular weight is 285 g/mol. The number of carboxylic acid groups (broad SMARTS) is 1. The summed E-state index contributed by atoms with van der Waals surface area (Å²) >= 11 is 0. The first-order valence-corrected chi connectivity index (χ1v) is 7.01. The van der Waals surface area contributed by atoms with Gasteiger partial charge in [-0.3, -0.25) is 4.79 Å². The van der Waals surface area contributed by atoms with E-state index in [4.69, 9.17) is 0 Å². The lowest BCUT2D eigenvalue weighted by molar-refractivity contribution is -0.144. The molecule has 7 nitrogen and oxygen atoms in total. The second-order valence-corrected chi connectivity index (χ2v) is 5.21. The minimum Gasteiger partial charge on any atom is -0.480 e. The van der Waals surface area contributed by atoms with Gasteiger partial charge in [0.1, 0.15) is 11.6 Å². The van der Waals surface area contributed by atoms with Crippen LogP contribution in [0, 0.1) is 0 Å². The molecule has 20 heavy (non-hydrogen) atoms. The van der Waals surface area contributed by atoms with E-state index in [0.29, 0.717) is 19.4 Å². The maximum atomic E-state index is 11.8. The van der Waals surface area contributed by atoms with Gasteiger partial charge >= 0.3 is 12.0 Å². The monoisotopic (exact) mass is 285 g/mol. The summed E-state index contributed by atoms with van der Waals surface area (Å²) in [5.41, 5.74) is -1.19. The van der Waals surface area contributed by atoms with E-state index >= 15 is 0 Å². The summed E-state index contributed by atoms with van der Waals surface area (Å²) in [5, 5.41) is 16.9. The molecule has 3 amide bonds. The minimum atomic E-state index is -1.19. The second-order valence-electron chi connectivity index (χ2n) is 5.21. The Morgan fingerprint density at radius 1 is 1.25 bits per heavy atom. The number of carbonyl (C=O) groups is 3. The normalized spacial score (nSPS) is 18.1. The molecular weight excluding hydrogens is 262 g/mol. The predicted octanol–water partition coefficient (Wildman–Crippen LogP) is 0.598. The molecule has 0 bridgehead atoms. The van der Waals surface area contributed by atoms with Crippen molar-refractivity contribution in [3.05, 3.63) is 0 Å². The molecule has 1 aliphatic rings. The number of aliphatic carboxylic acids is 1. The average Bonchev–Trinajstić information content (AvgIpc) is 2.85. The molecule has 7 heteroatoms. The third-order valence-electron chi connectivity index (χ3n) is 3.51. The van der Waals surface area contributed by atoms with Crippen molar-refractivity contribution in [3.63, 3.8) is 0 Å². The molecule has 0 aromatic carbocycles. The van der Waals surface area contributed by atoms with Crippen molar-refractivity contribution in [2.45, 2.75) is 57.5 Å². The molecule has 1 saturated carbocycles. The molecule has 0 aromatic heterocycles. The Morgan fingerprint density at radius 2 is 1.85 bits per heavy atom. The van der Waals surface area contributed by atoms with Crippen molar-refractivity contribution < 1.29 is 19.5 Å². The highest BCUT2D eigenvalue weighted by Gasteiger charge is 2.42. The molecular formula is C13H23N3O4. The Balaban J connectivity index is 2.50. The van der Waals surface area contributed by atoms with E-state index in [9.17, 15) is 19.5 Å². The maximum absolute atomic E-state index is 11.8. The van der Waals surface area contributed by atoms with Gasteiger partial charge in [0.2, 0.25) is 5.91 Å². The number of amides is 3. The van der Waals surface area contributed by atoms with Gasteiger partial charge in [-0.05, 0) is 26.2 Å². The maximum Gasteiger partial charge on any atom is 0.329 e. The van der Waals surface area contributed by atoms with Gasteiger partial charge in [0.15, 0.2) is 0 Å². The quantitative estimate of drug-likeness (QED) is 0.573. The lowest BCUT2D eigenvalue weighted by Crippen LogP contribution is -2.58. The predicted molar refractivity (Wildman–Crippen MR) is 73.3 cm³/mol. The van der Waals surface area contributed by atoms with Crippen molar-refractivity contribution in [2.24, 2.45) is 0 Å². The van der Waals surface area contributed by atoms with Gasteiger partial charge in [0, 0.05) is 6.54 Å². The van der Waals surface area contributed by atoms with Gasteiger partial charge in [-0.25, -0.2) is 9.59 Å². The zero-order valence-corrected chi connectivity index (χ0v) is 12.0. The largest absolute Gasteiger partial charge is 0.480 e. The third kappa shape index (κ3) is 4.11. The van der Waals surface area contributed by atoms with E-state index in [2.05, 4.69) is 16.0 Å². The van der Waals surface area contributed by atoms with E-state index in [1.54, 1.807) is 6.92 Å². The lowest BCUT2D eigenvalue weighted by Gasteiger charge is -2.26. The Bertz CT molecular complexity index is 378. The van der Waals surface area contributed by atoms with Crippen molar-refractivity contribution in [1.82, 2.24) is 16.0 Å². The summed E-state index contributed by atoms with van der Waals surface area (Å²) < 4.78 is 0. The number of hydrogen-bond donors (Lipinski definition) is 4. The van der Waals surface area contributed by atoms with Crippen molar-refractivity contribution in [1.29, 1.82) is 0 Å². The topological polar surface area (TPSA) is 108 Å². The van der Waals surface area contributed by atoms with Crippen LogP contribution in [-0.4, -0.2) is 41.1 Å². The minimum absolute atomic E-state index is 0.280. The molecule has 1 fully saturated rings. The van der Waals surface area contributed by atoms with Crippen LogP contribution in [0.5, 0.6) is 0 Å². The highest BCUT2D eigenvalue weighted by atomic mass is 16.4. The van der Waals surface area contributed by atoms with E-state index in [1.165, 1.54) is 0 Å². The van der Waals surface area contributed by atoms with Crippen LogP contribution >= 0.6 is 0 Å². The Labute approximate surface area is 118 Å². The van der Waals surface area contributed by atoms with Crippen LogP contribution < -0.4 is 16.0 Å². The van der Waals surface area contributed by atoms with Crippen LogP contribution in [0.15, 0.2) is 0 Å². The molecule has 0 heterocycles. The Morgan fingerprint density at radius 3 is 2.35 bits per heavy atom. The molecule has 0 radical (unpaired) electrons. The number of carbonyl (C=O) groups excluding carboxylic acids is 2. The van der Waals surface area contributed by atoms with E-state index in [0.717, 1.165) is 19.3 Å². The van der Waals surface area contributed by atoms with Crippen molar-refractivity contribution >= 4 is 17.9 Å². The zero-order chi connectivity index (χ0) is 15.2. The van der Waals surface area contributed by atoms with Gasteiger partial charge in [-0.15, -0.1) is 0 Å². The number of hydrogen-bond acceptors (Lipinski definition) is 3. The fourth-order valence-electron chi connectivity index (χ4n) is 2.29. The first-order valence-electron chi connectivity index (χ1n) is 7.01. The Kier molecular flexibility index (Phi) is 5.79. The fraction of sp³-hybridized carbons (Fsp3) is 0.769. The van der Waals surface area contributed by atoms with E-state index in [-0.39, 0.29) is 5.91 Å². The molecule has 4 N–H and O–H groups in total. The van der Waals surface area contributed by atoms with E-state index < -0.39 is 23.6 Å². The number of rotatable bonds is 6. The van der Waals surface area contributed by atoms with Crippen LogP contribution in [0.2, 0.25) is 0 Å². The zero-order valence-electron chi connectivity index (χ0n) is 12.0. The molecule has 0 saturated heterocycles. The summed E-state index contributed by atoms with van der Waals surface area (Å²) in [4.78, 5) is 34.7. The first kappa shape index (κ1) is 16.3. The van der Waals surface area contributed by atoms with Crippen LogP contribution in [0.25, 0.3) is 0 Å². The second kappa shape index (κ2) is 7.12. The highest BCUT2D eigenvalue weighted by molar-refractivity contribution is 5.90. The number of carboxylic acids is 1. The summed E-state index contributed by atoms with van der Waals surface area (Å²) in [6.45, 7) is 4.04. The SMILES string of the molecule is CCCNC(=O)C(C)NC(=O)NC1(C(=O)O)CCCC1. The van der Waals surface area contributed by atoms with E-state index in [1.807, 2.05) is 6.92 Å². The molecule has 0 aliphatic heterocycles. The molecule has 0 aromatic rings. The van der Waals surface area contributed by atoms with Crippen LogP contribution in [0.3, 0.4) is 0 Å². The third-order valence-corrected chi connectivity index (χ3v) is 3.51. The summed E-state index contributed by atoms with van der Waals surface area (Å²) in [6.07, 6.45) is 3.21. The first-order chi connectivity index (χ1) is 9.41. The molecule has 0 spiro atoms. The van der Waals surface area contributed by atoms with Gasteiger partial charge in [0.25, 0.3) is 0 Å². The summed E-state index contributed by atoms with van der Waals surface area (Å²) in [5.74, 6) is -1.30. The highest BCUT2D eigenvalue weighted by Crippen LogP contribution is 2.29. The smallest absolute Gasteiger partial charge is 0.329 e. The lowest BCUT2D eigenvalue weighted by atomic mass is 9.98. The van der Waals surface area contributed by atoms with Gasteiger partial charge in [0.05, 0.1) is 0 Å². The molecule has 1 rings (SSSR count). The molecule has 114 valence electrons. The van der Waals surface area contributed by atoms with Crippen molar-refractivity contribution in [2.75, 3.05) is 6.54 Å². The molecule has 1 aliphatic carbocycles.